The van der Waals surface area contributed by atoms with Crippen LogP contribution < -0.4 is 10.6 Å². The van der Waals surface area contributed by atoms with Crippen LogP contribution in [-0.4, -0.2) is 27.0 Å². The Morgan fingerprint density at radius 3 is 2.02 bits per heavy atom. The Bertz CT molecular complexity index is 2190. The number of rotatable bonds is 7. The molecule has 0 bridgehead atoms. The van der Waals surface area contributed by atoms with Crippen LogP contribution in [-0.2, 0) is 0 Å². The Balaban J connectivity index is 1.16. The molecule has 6 aromatic carbocycles. The number of hydrogen-bond donors (Lipinski definition) is 0. The molecule has 1 fully saturated rings. The van der Waals surface area contributed by atoms with E-state index in [-0.39, 0.29) is 11.2 Å². The number of aromatic nitrogens is 2. The molecule has 2 aliphatic carbocycles. The van der Waals surface area contributed by atoms with Crippen molar-refractivity contribution in [1.29, 1.82) is 0 Å². The summed E-state index contributed by atoms with van der Waals surface area (Å²) in [6.07, 6.45) is 8.16. The third kappa shape index (κ3) is 4.22. The zero-order chi connectivity index (χ0) is 30.7. The summed E-state index contributed by atoms with van der Waals surface area (Å²) in [5, 5.41) is 7.89. The lowest BCUT2D eigenvalue weighted by atomic mass is 10.0. The third-order valence-corrected chi connectivity index (χ3v) is 13.3. The first-order valence-electron chi connectivity index (χ1n) is 16.2. The first-order valence-corrected chi connectivity index (χ1v) is 17.6. The van der Waals surface area contributed by atoms with Crippen molar-refractivity contribution in [1.82, 2.24) is 9.55 Å². The molecule has 4 heteroatoms. The fraction of sp³-hybridized carbons (Fsp3) is 0.143. The maximum Gasteiger partial charge on any atom is 0.156 e. The number of aliphatic imine (C=N–C) groups is 1. The van der Waals surface area contributed by atoms with Gasteiger partial charge in [0.2, 0.25) is 0 Å². The maximum atomic E-state index is 5.36. The summed E-state index contributed by atoms with van der Waals surface area (Å²) in [4.78, 5) is 10.5. The molecule has 9 rings (SSSR count). The van der Waals surface area contributed by atoms with Gasteiger partial charge in [0.1, 0.15) is 0 Å². The van der Waals surface area contributed by atoms with Crippen molar-refractivity contribution in [2.24, 2.45) is 16.8 Å². The first kappa shape index (κ1) is 27.5. The van der Waals surface area contributed by atoms with Gasteiger partial charge in [0.15, 0.2) is 5.82 Å². The van der Waals surface area contributed by atoms with Crippen molar-refractivity contribution in [3.8, 4) is 5.69 Å². The van der Waals surface area contributed by atoms with Crippen LogP contribution >= 0.6 is 7.92 Å². The molecule has 0 spiro atoms. The molecule has 222 valence electrons. The van der Waals surface area contributed by atoms with E-state index in [1.807, 2.05) is 0 Å². The summed E-state index contributed by atoms with van der Waals surface area (Å²) in [7, 11) is -0.577. The van der Waals surface area contributed by atoms with Gasteiger partial charge < -0.3 is 0 Å². The van der Waals surface area contributed by atoms with Gasteiger partial charge in [-0.05, 0) is 72.7 Å². The van der Waals surface area contributed by atoms with Gasteiger partial charge >= 0.3 is 0 Å². The SMILES string of the molecule is C[C@H](N=Cc1nc2ccccc2n1-c1c2ccccc2cc2ccccc12)C1C2CC=C[C@]21P(c1ccccc1)c1ccccc1. The van der Waals surface area contributed by atoms with Gasteiger partial charge in [0.25, 0.3) is 0 Å². The molecule has 0 N–H and O–H groups in total. The van der Waals surface area contributed by atoms with Gasteiger partial charge in [-0.2, -0.15) is 0 Å². The van der Waals surface area contributed by atoms with Crippen molar-refractivity contribution in [2.75, 3.05) is 0 Å². The summed E-state index contributed by atoms with van der Waals surface area (Å²) >= 11 is 0. The number of nitrogens with zero attached hydrogens (tertiary/aromatic N) is 3. The van der Waals surface area contributed by atoms with E-state index >= 15 is 0 Å². The van der Waals surface area contributed by atoms with Crippen LogP contribution in [0.2, 0.25) is 0 Å². The smallest absolute Gasteiger partial charge is 0.156 e. The van der Waals surface area contributed by atoms with E-state index in [9.17, 15) is 0 Å². The molecular weight excluding hydrogens is 577 g/mol. The Morgan fingerprint density at radius 1 is 0.761 bits per heavy atom. The zero-order valence-corrected chi connectivity index (χ0v) is 26.6. The number of allylic oxidation sites excluding steroid dienone is 2. The summed E-state index contributed by atoms with van der Waals surface area (Å²) in [5.41, 5.74) is 3.24. The molecule has 2 unspecified atom stereocenters. The molecule has 0 amide bonds. The number of para-hydroxylation sites is 2. The van der Waals surface area contributed by atoms with Gasteiger partial charge in [-0.25, -0.2) is 4.98 Å². The van der Waals surface area contributed by atoms with E-state index in [0.29, 0.717) is 11.8 Å². The number of hydrogen-bond acceptors (Lipinski definition) is 2. The van der Waals surface area contributed by atoms with Crippen LogP contribution in [0.1, 0.15) is 19.2 Å². The Morgan fingerprint density at radius 2 is 1.35 bits per heavy atom. The van der Waals surface area contributed by atoms with Crippen molar-refractivity contribution in [3.05, 3.63) is 158 Å². The summed E-state index contributed by atoms with van der Waals surface area (Å²) in [5.74, 6) is 1.96. The van der Waals surface area contributed by atoms with Crippen LogP contribution in [0.3, 0.4) is 0 Å². The molecule has 7 aromatic rings. The molecule has 1 heterocycles. The second kappa shape index (κ2) is 10.9. The highest BCUT2D eigenvalue weighted by atomic mass is 31.1. The van der Waals surface area contributed by atoms with Gasteiger partial charge in [0.05, 0.1) is 29.0 Å². The van der Waals surface area contributed by atoms with Crippen LogP contribution in [0.5, 0.6) is 0 Å². The normalized spacial score (nSPS) is 21.1. The average Bonchev–Trinajstić information content (AvgIpc) is 3.35. The minimum atomic E-state index is -0.577. The lowest BCUT2D eigenvalue weighted by Crippen LogP contribution is -2.25. The van der Waals surface area contributed by atoms with Gasteiger partial charge in [-0.15, -0.1) is 0 Å². The predicted octanol–water partition coefficient (Wildman–Crippen LogP) is 9.22. The second-order valence-electron chi connectivity index (χ2n) is 12.6. The van der Waals surface area contributed by atoms with E-state index in [2.05, 4.69) is 169 Å². The number of imidazole rings is 1. The highest BCUT2D eigenvalue weighted by Crippen LogP contribution is 2.75. The summed E-state index contributed by atoms with van der Waals surface area (Å²) < 4.78 is 2.33. The van der Waals surface area contributed by atoms with Crippen molar-refractivity contribution in [2.45, 2.75) is 24.5 Å². The number of benzene rings is 6. The molecule has 3 nitrogen and oxygen atoms in total. The van der Waals surface area contributed by atoms with Crippen LogP contribution in [0.25, 0.3) is 38.3 Å². The fourth-order valence-corrected chi connectivity index (χ4v) is 11.8. The monoisotopic (exact) mass is 611 g/mol. The van der Waals surface area contributed by atoms with E-state index in [1.165, 1.54) is 32.2 Å². The molecular formula is C42H34N3P. The highest BCUT2D eigenvalue weighted by Gasteiger charge is 2.69. The Hall–Kier alpha value is -4.85. The van der Waals surface area contributed by atoms with Crippen molar-refractivity contribution < 1.29 is 0 Å². The third-order valence-electron chi connectivity index (χ3n) is 10.1. The minimum absolute atomic E-state index is 0.126. The van der Waals surface area contributed by atoms with Crippen molar-refractivity contribution >= 4 is 57.3 Å². The lowest BCUT2D eigenvalue weighted by Gasteiger charge is -2.28. The Kier molecular flexibility index (Phi) is 6.50. The molecule has 4 atom stereocenters. The lowest BCUT2D eigenvalue weighted by molar-refractivity contribution is 0.587. The predicted molar refractivity (Wildman–Crippen MR) is 196 cm³/mol. The standard InChI is InChI=1S/C42H34N3P/c1-29(40-36-23-14-26-42(36,40)46(32-17-4-2-5-18-32)33-19-6-3-7-20-33)43-28-39-44-37-24-12-13-25-38(37)45(39)41-34-21-10-8-15-30(34)27-31-16-9-11-22-35(31)41/h2-22,24-29,36,40H,23H2,1H3/t29-,36?,40?,42-/m0/s1. The van der Waals surface area contributed by atoms with E-state index < -0.39 is 7.92 Å². The molecule has 2 aliphatic rings. The van der Waals surface area contributed by atoms with E-state index in [1.54, 1.807) is 0 Å². The molecule has 1 aromatic heterocycles. The zero-order valence-electron chi connectivity index (χ0n) is 25.7. The highest BCUT2D eigenvalue weighted by molar-refractivity contribution is 7.75. The van der Waals surface area contributed by atoms with Crippen LogP contribution in [0.4, 0.5) is 0 Å². The first-order chi connectivity index (χ1) is 22.7. The largest absolute Gasteiger partial charge is 0.290 e. The summed E-state index contributed by atoms with van der Waals surface area (Å²) in [6.45, 7) is 2.32. The van der Waals surface area contributed by atoms with E-state index in [4.69, 9.17) is 9.98 Å². The summed E-state index contributed by atoms with van der Waals surface area (Å²) in [6, 6.07) is 50.6. The molecule has 1 saturated carbocycles. The van der Waals surface area contributed by atoms with Crippen LogP contribution in [0, 0.1) is 11.8 Å². The number of fused-ring (bicyclic) bond motifs is 4. The molecule has 0 radical (unpaired) electrons. The van der Waals surface area contributed by atoms with Crippen LogP contribution in [0.15, 0.2) is 157 Å². The minimum Gasteiger partial charge on any atom is -0.290 e. The topological polar surface area (TPSA) is 30.2 Å². The van der Waals surface area contributed by atoms with E-state index in [0.717, 1.165) is 29.0 Å². The second-order valence-corrected chi connectivity index (χ2v) is 15.1. The van der Waals surface area contributed by atoms with Crippen molar-refractivity contribution in [3.63, 3.8) is 0 Å². The molecule has 46 heavy (non-hydrogen) atoms. The van der Waals surface area contributed by atoms with Gasteiger partial charge in [-0.3, -0.25) is 9.56 Å². The van der Waals surface area contributed by atoms with Gasteiger partial charge in [0, 0.05) is 15.9 Å². The fourth-order valence-electron chi connectivity index (χ4n) is 8.21. The average molecular weight is 612 g/mol. The molecule has 0 aliphatic heterocycles. The molecule has 0 saturated heterocycles. The Labute approximate surface area is 270 Å². The quantitative estimate of drug-likeness (QED) is 0.0765. The van der Waals surface area contributed by atoms with Gasteiger partial charge in [-0.1, -0.05) is 133 Å². The maximum absolute atomic E-state index is 5.36.